The topological polar surface area (TPSA) is 61.1 Å². The number of benzene rings is 1. The van der Waals surface area contributed by atoms with E-state index in [9.17, 15) is 0 Å². The van der Waals surface area contributed by atoms with Gasteiger partial charge >= 0.3 is 0 Å². The van der Waals surface area contributed by atoms with Crippen LogP contribution in [-0.2, 0) is 11.3 Å². The van der Waals surface area contributed by atoms with Gasteiger partial charge in [-0.3, -0.25) is 4.90 Å². The number of hydrogen-bond donors (Lipinski definition) is 0. The van der Waals surface area contributed by atoms with Crippen molar-refractivity contribution in [2.75, 3.05) is 26.5 Å². The first-order chi connectivity index (χ1) is 14.8. The lowest BCUT2D eigenvalue weighted by Crippen LogP contribution is -2.38. The van der Waals surface area contributed by atoms with Crippen LogP contribution in [0.1, 0.15) is 17.4 Å². The van der Waals surface area contributed by atoms with Crippen LogP contribution in [0.25, 0.3) is 16.0 Å². The van der Waals surface area contributed by atoms with E-state index in [-0.39, 0.29) is 6.10 Å². The lowest BCUT2D eigenvalue weighted by molar-refractivity contribution is -0.0343. The number of ether oxygens (including phenoxy) is 3. The van der Waals surface area contributed by atoms with Crippen molar-refractivity contribution in [3.63, 3.8) is 0 Å². The lowest BCUT2D eigenvalue weighted by Gasteiger charge is -2.32. The van der Waals surface area contributed by atoms with E-state index in [2.05, 4.69) is 57.0 Å². The minimum Gasteiger partial charge on any atom is -0.454 e. The number of fused-ring (bicyclic) bond motifs is 2. The van der Waals surface area contributed by atoms with Gasteiger partial charge in [0.1, 0.15) is 11.8 Å². The van der Waals surface area contributed by atoms with Gasteiger partial charge in [-0.05, 0) is 41.3 Å². The van der Waals surface area contributed by atoms with E-state index >= 15 is 0 Å². The van der Waals surface area contributed by atoms with E-state index in [1.165, 1.54) is 10.4 Å². The van der Waals surface area contributed by atoms with Crippen molar-refractivity contribution in [1.82, 2.24) is 19.7 Å². The molecule has 2 aliphatic rings. The fourth-order valence-electron chi connectivity index (χ4n) is 4.04. The van der Waals surface area contributed by atoms with Crippen LogP contribution in [0.3, 0.4) is 0 Å². The zero-order chi connectivity index (χ0) is 19.9. The van der Waals surface area contributed by atoms with Crippen LogP contribution in [0.15, 0.2) is 54.0 Å². The van der Waals surface area contributed by atoms with E-state index in [0.29, 0.717) is 13.4 Å². The highest BCUT2D eigenvalue weighted by molar-refractivity contribution is 7.13. The molecule has 0 bridgehead atoms. The van der Waals surface area contributed by atoms with Crippen LogP contribution in [0, 0.1) is 0 Å². The first kappa shape index (κ1) is 17.9. The van der Waals surface area contributed by atoms with Gasteiger partial charge in [0.15, 0.2) is 11.5 Å². The molecule has 1 aromatic carbocycles. The zero-order valence-electron chi connectivity index (χ0n) is 16.2. The van der Waals surface area contributed by atoms with Gasteiger partial charge in [-0.2, -0.15) is 0 Å². The molecule has 1 saturated heterocycles. The summed E-state index contributed by atoms with van der Waals surface area (Å²) in [6.07, 6.45) is 1.93. The van der Waals surface area contributed by atoms with E-state index < -0.39 is 0 Å². The average Bonchev–Trinajstić information content (AvgIpc) is 3.53. The Morgan fingerprint density at radius 2 is 2.07 bits per heavy atom. The molecule has 1 fully saturated rings. The maximum absolute atomic E-state index is 6.07. The highest BCUT2D eigenvalue weighted by atomic mass is 32.1. The number of aromatic nitrogens is 3. The molecule has 0 unspecified atom stereocenters. The molecule has 5 heterocycles. The summed E-state index contributed by atoms with van der Waals surface area (Å²) in [7, 11) is 0. The number of rotatable bonds is 4. The van der Waals surface area contributed by atoms with Gasteiger partial charge in [-0.1, -0.05) is 17.3 Å². The molecular formula is C22H20N4O3S. The van der Waals surface area contributed by atoms with Gasteiger partial charge in [0.25, 0.3) is 0 Å². The molecule has 0 radical (unpaired) electrons. The Labute approximate surface area is 177 Å². The van der Waals surface area contributed by atoms with Crippen molar-refractivity contribution >= 4 is 16.9 Å². The van der Waals surface area contributed by atoms with Gasteiger partial charge in [-0.15, -0.1) is 16.4 Å². The molecule has 0 aliphatic carbocycles. The van der Waals surface area contributed by atoms with E-state index in [1.54, 1.807) is 11.3 Å². The Morgan fingerprint density at radius 3 is 3.00 bits per heavy atom. The van der Waals surface area contributed by atoms with Crippen molar-refractivity contribution in [3.05, 3.63) is 65.3 Å². The summed E-state index contributed by atoms with van der Waals surface area (Å²) in [4.78, 5) is 3.61. The molecule has 0 N–H and O–H groups in total. The maximum Gasteiger partial charge on any atom is 0.231 e. The number of thiophene rings is 1. The van der Waals surface area contributed by atoms with Crippen molar-refractivity contribution in [2.45, 2.75) is 12.6 Å². The molecular weight excluding hydrogens is 400 g/mol. The fourth-order valence-corrected chi connectivity index (χ4v) is 4.76. The second-order valence-corrected chi connectivity index (χ2v) is 8.43. The number of pyridine rings is 1. The van der Waals surface area contributed by atoms with Crippen LogP contribution in [0.2, 0.25) is 0 Å². The maximum atomic E-state index is 6.07. The molecule has 0 saturated carbocycles. The third kappa shape index (κ3) is 3.23. The van der Waals surface area contributed by atoms with Crippen molar-refractivity contribution < 1.29 is 14.2 Å². The molecule has 8 heteroatoms. The van der Waals surface area contributed by atoms with Crippen LogP contribution in [-0.4, -0.2) is 46.2 Å². The van der Waals surface area contributed by atoms with Gasteiger partial charge in [-0.25, -0.2) is 4.52 Å². The van der Waals surface area contributed by atoms with E-state index in [4.69, 9.17) is 14.2 Å². The van der Waals surface area contributed by atoms with Crippen LogP contribution in [0.5, 0.6) is 11.5 Å². The Hall–Kier alpha value is -2.94. The lowest BCUT2D eigenvalue weighted by atomic mass is 10.1. The smallest absolute Gasteiger partial charge is 0.231 e. The Morgan fingerprint density at radius 1 is 1.10 bits per heavy atom. The van der Waals surface area contributed by atoms with Gasteiger partial charge < -0.3 is 14.2 Å². The summed E-state index contributed by atoms with van der Waals surface area (Å²) in [6, 6.07) is 14.5. The second kappa shape index (κ2) is 7.39. The zero-order valence-corrected chi connectivity index (χ0v) is 17.0. The largest absolute Gasteiger partial charge is 0.454 e. The van der Waals surface area contributed by atoms with E-state index in [1.807, 2.05) is 16.8 Å². The molecule has 152 valence electrons. The number of hydrogen-bond acceptors (Lipinski definition) is 7. The molecule has 6 rings (SSSR count). The molecule has 2 aliphatic heterocycles. The molecule has 7 nitrogen and oxygen atoms in total. The monoisotopic (exact) mass is 420 g/mol. The first-order valence-electron chi connectivity index (χ1n) is 9.95. The molecule has 3 aromatic heterocycles. The number of nitrogens with zero attached hydrogens (tertiary/aromatic N) is 4. The standard InChI is InChI=1S/C22H20N4O3S/c1-2-21(30-9-1)16-4-5-17-22(23-24-26(17)12-16)20-13-25(7-8-27-20)11-15-3-6-18-19(10-15)29-14-28-18/h1-6,9-10,12,20H,7-8,11,13-14H2/t20-/m0/s1. The summed E-state index contributed by atoms with van der Waals surface area (Å²) in [5, 5.41) is 10.9. The average molecular weight is 420 g/mol. The normalized spacial score (nSPS) is 18.9. The Balaban J connectivity index is 1.21. The highest BCUT2D eigenvalue weighted by Gasteiger charge is 2.26. The molecule has 1 atom stereocenters. The summed E-state index contributed by atoms with van der Waals surface area (Å²) >= 11 is 1.72. The molecule has 0 spiro atoms. The first-order valence-corrected chi connectivity index (χ1v) is 10.8. The predicted octanol–water partition coefficient (Wildman–Crippen LogP) is 3.76. The molecule has 4 aromatic rings. The van der Waals surface area contributed by atoms with Crippen LogP contribution < -0.4 is 9.47 Å². The van der Waals surface area contributed by atoms with Crippen LogP contribution >= 0.6 is 11.3 Å². The van der Waals surface area contributed by atoms with Crippen molar-refractivity contribution in [3.8, 4) is 21.9 Å². The summed E-state index contributed by atoms with van der Waals surface area (Å²) in [5.41, 5.74) is 4.23. The van der Waals surface area contributed by atoms with Gasteiger partial charge in [0.05, 0.1) is 12.1 Å². The predicted molar refractivity (Wildman–Crippen MR) is 113 cm³/mol. The van der Waals surface area contributed by atoms with Crippen molar-refractivity contribution in [2.24, 2.45) is 0 Å². The molecule has 30 heavy (non-hydrogen) atoms. The Bertz CT molecular complexity index is 1190. The third-order valence-corrected chi connectivity index (χ3v) is 6.46. The minimum absolute atomic E-state index is 0.0992. The third-order valence-electron chi connectivity index (χ3n) is 5.54. The quantitative estimate of drug-likeness (QED) is 0.501. The van der Waals surface area contributed by atoms with Crippen LogP contribution in [0.4, 0.5) is 0 Å². The number of morpholine rings is 1. The minimum atomic E-state index is -0.0992. The highest BCUT2D eigenvalue weighted by Crippen LogP contribution is 2.33. The van der Waals surface area contributed by atoms with Crippen molar-refractivity contribution in [1.29, 1.82) is 0 Å². The Kier molecular flexibility index (Phi) is 4.40. The molecule has 0 amide bonds. The summed E-state index contributed by atoms with van der Waals surface area (Å²) in [5.74, 6) is 1.64. The fraction of sp³-hybridized carbons (Fsp3) is 0.273. The van der Waals surface area contributed by atoms with Gasteiger partial charge in [0, 0.05) is 36.3 Å². The SMILES string of the molecule is c1csc(-c2ccc3c([C@@H]4CN(Cc5ccc6c(c5)OCO6)CCO4)nnn3c2)c1. The summed E-state index contributed by atoms with van der Waals surface area (Å²) in [6.45, 7) is 3.45. The second-order valence-electron chi connectivity index (χ2n) is 7.48. The van der Waals surface area contributed by atoms with E-state index in [0.717, 1.165) is 47.9 Å². The summed E-state index contributed by atoms with van der Waals surface area (Å²) < 4.78 is 18.8. The van der Waals surface area contributed by atoms with Gasteiger partial charge in [0.2, 0.25) is 6.79 Å².